The van der Waals surface area contributed by atoms with Gasteiger partial charge in [0.1, 0.15) is 11.6 Å². The number of hydrogen-bond donors (Lipinski definition) is 3. The number of nitrogens with one attached hydrogen (secondary N) is 3. The number of carbonyl (C=O) groups excluding carboxylic acids is 3. The molecule has 0 atom stereocenters. The highest BCUT2D eigenvalue weighted by molar-refractivity contribution is 6.39. The van der Waals surface area contributed by atoms with Crippen LogP contribution < -0.4 is 20.8 Å². The van der Waals surface area contributed by atoms with E-state index in [1.165, 1.54) is 18.3 Å². The fourth-order valence-corrected chi connectivity index (χ4v) is 2.64. The second kappa shape index (κ2) is 11.2. The highest BCUT2D eigenvalue weighted by atomic mass is 19.1. The molecule has 168 valence electrons. The van der Waals surface area contributed by atoms with Crippen molar-refractivity contribution < 1.29 is 23.5 Å². The van der Waals surface area contributed by atoms with Gasteiger partial charge < -0.3 is 15.4 Å². The van der Waals surface area contributed by atoms with Crippen LogP contribution in [0.15, 0.2) is 77.9 Å². The molecule has 0 radical (unpaired) electrons. The number of benzene rings is 3. The number of rotatable bonds is 7. The zero-order valence-corrected chi connectivity index (χ0v) is 17.7. The smallest absolute Gasteiger partial charge is 0.329 e. The molecule has 33 heavy (non-hydrogen) atoms. The number of amides is 3. The maximum atomic E-state index is 12.9. The van der Waals surface area contributed by atoms with Gasteiger partial charge in [-0.15, -0.1) is 0 Å². The highest BCUT2D eigenvalue weighted by Gasteiger charge is 2.12. The number of nitrogens with zero attached hydrogens (tertiary/aromatic N) is 1. The Morgan fingerprint density at radius 3 is 2.30 bits per heavy atom. The first kappa shape index (κ1) is 23.1. The van der Waals surface area contributed by atoms with Gasteiger partial charge >= 0.3 is 11.8 Å². The quantitative estimate of drug-likeness (QED) is 0.293. The molecule has 3 rings (SSSR count). The third-order valence-electron chi connectivity index (χ3n) is 4.36. The molecule has 0 unspecified atom stereocenters. The van der Waals surface area contributed by atoms with Crippen molar-refractivity contribution >= 4 is 35.3 Å². The van der Waals surface area contributed by atoms with E-state index in [2.05, 4.69) is 21.2 Å². The van der Waals surface area contributed by atoms with Gasteiger partial charge in [-0.1, -0.05) is 18.2 Å². The first-order chi connectivity index (χ1) is 15.9. The van der Waals surface area contributed by atoms with Crippen molar-refractivity contribution in [1.82, 2.24) is 5.43 Å². The van der Waals surface area contributed by atoms with E-state index >= 15 is 0 Å². The summed E-state index contributed by atoms with van der Waals surface area (Å²) in [5, 5.41) is 8.84. The molecular weight excluding hydrogens is 427 g/mol. The summed E-state index contributed by atoms with van der Waals surface area (Å²) in [7, 11) is 0. The summed E-state index contributed by atoms with van der Waals surface area (Å²) >= 11 is 0. The van der Waals surface area contributed by atoms with Gasteiger partial charge in [-0.25, -0.2) is 9.82 Å². The summed E-state index contributed by atoms with van der Waals surface area (Å²) in [5.74, 6) is -2.17. The van der Waals surface area contributed by atoms with Crippen LogP contribution in [0.5, 0.6) is 5.75 Å². The first-order valence-electron chi connectivity index (χ1n) is 9.89. The zero-order valence-electron chi connectivity index (χ0n) is 17.7. The van der Waals surface area contributed by atoms with Gasteiger partial charge in [0.2, 0.25) is 0 Å². The van der Waals surface area contributed by atoms with Crippen molar-refractivity contribution in [1.29, 1.82) is 0 Å². The number of hydrazone groups is 1. The average Bonchev–Trinajstić information content (AvgIpc) is 2.81. The molecule has 3 amide bonds. The fraction of sp³-hybridized carbons (Fsp3) is 0.0833. The molecule has 8 nitrogen and oxygen atoms in total. The lowest BCUT2D eigenvalue weighted by atomic mass is 10.2. The van der Waals surface area contributed by atoms with Crippen molar-refractivity contribution in [2.24, 2.45) is 5.10 Å². The van der Waals surface area contributed by atoms with Crippen LogP contribution in [0.25, 0.3) is 0 Å². The van der Waals surface area contributed by atoms with E-state index in [4.69, 9.17) is 4.74 Å². The van der Waals surface area contributed by atoms with Crippen LogP contribution in [0, 0.1) is 12.7 Å². The molecule has 3 aromatic carbocycles. The SMILES string of the molecule is Cc1ccccc1NC(=O)COc1ccc(/C=N\NC(=O)C(=O)Nc2ccc(F)cc2)cc1. The summed E-state index contributed by atoms with van der Waals surface area (Å²) in [6.07, 6.45) is 1.34. The molecule has 9 heteroatoms. The molecule has 0 fully saturated rings. The Balaban J connectivity index is 1.43. The molecule has 0 saturated carbocycles. The Labute approximate surface area is 189 Å². The van der Waals surface area contributed by atoms with E-state index in [1.807, 2.05) is 31.2 Å². The number of carbonyl (C=O) groups is 3. The van der Waals surface area contributed by atoms with E-state index in [0.29, 0.717) is 11.3 Å². The number of para-hydroxylation sites is 1. The standard InChI is InChI=1S/C24H21FN4O4/c1-16-4-2-3-5-21(16)28-22(30)15-33-20-12-6-17(7-13-20)14-26-29-24(32)23(31)27-19-10-8-18(25)9-11-19/h2-14H,15H2,1H3,(H,27,31)(H,28,30)(H,29,32)/b26-14-. The van der Waals surface area contributed by atoms with Crippen LogP contribution >= 0.6 is 0 Å². The number of aryl methyl sites for hydroxylation is 1. The Bertz CT molecular complexity index is 1160. The summed E-state index contributed by atoms with van der Waals surface area (Å²) < 4.78 is 18.3. The lowest BCUT2D eigenvalue weighted by Crippen LogP contribution is -2.32. The summed E-state index contributed by atoms with van der Waals surface area (Å²) in [5.41, 5.74) is 4.70. The molecule has 0 aliphatic heterocycles. The number of halogens is 1. The average molecular weight is 448 g/mol. The Hall–Kier alpha value is -4.53. The molecule has 3 N–H and O–H groups in total. The molecule has 0 spiro atoms. The van der Waals surface area contributed by atoms with Gasteiger partial charge in [-0.05, 0) is 72.6 Å². The van der Waals surface area contributed by atoms with Crippen molar-refractivity contribution in [2.45, 2.75) is 6.92 Å². The number of hydrogen-bond acceptors (Lipinski definition) is 5. The van der Waals surface area contributed by atoms with Crippen molar-refractivity contribution in [3.8, 4) is 5.75 Å². The third kappa shape index (κ3) is 7.28. The lowest BCUT2D eigenvalue weighted by Gasteiger charge is -2.09. The molecule has 0 heterocycles. The van der Waals surface area contributed by atoms with Crippen LogP contribution in [-0.2, 0) is 14.4 Å². The molecule has 0 saturated heterocycles. The second-order valence-electron chi connectivity index (χ2n) is 6.88. The van der Waals surface area contributed by atoms with Gasteiger partial charge in [0.25, 0.3) is 5.91 Å². The van der Waals surface area contributed by atoms with Crippen molar-refractivity contribution in [3.63, 3.8) is 0 Å². The minimum absolute atomic E-state index is 0.152. The normalized spacial score (nSPS) is 10.5. The molecular formula is C24H21FN4O4. The molecule has 0 aliphatic rings. The topological polar surface area (TPSA) is 109 Å². The van der Waals surface area contributed by atoms with Gasteiger partial charge in [-0.2, -0.15) is 5.10 Å². The monoisotopic (exact) mass is 448 g/mol. The first-order valence-corrected chi connectivity index (χ1v) is 9.89. The minimum Gasteiger partial charge on any atom is -0.484 e. The largest absolute Gasteiger partial charge is 0.484 e. The molecule has 0 bridgehead atoms. The Kier molecular flexibility index (Phi) is 7.85. The summed E-state index contributed by atoms with van der Waals surface area (Å²) in [4.78, 5) is 35.6. The Morgan fingerprint density at radius 2 is 1.61 bits per heavy atom. The van der Waals surface area contributed by atoms with Crippen LogP contribution in [0.3, 0.4) is 0 Å². The van der Waals surface area contributed by atoms with Crippen LogP contribution in [-0.4, -0.2) is 30.5 Å². The van der Waals surface area contributed by atoms with E-state index in [9.17, 15) is 18.8 Å². The fourth-order valence-electron chi connectivity index (χ4n) is 2.64. The maximum Gasteiger partial charge on any atom is 0.329 e. The number of anilines is 2. The summed E-state index contributed by atoms with van der Waals surface area (Å²) in [6.45, 7) is 1.75. The van der Waals surface area contributed by atoms with E-state index in [1.54, 1.807) is 24.3 Å². The molecule has 3 aromatic rings. The van der Waals surface area contributed by atoms with E-state index in [-0.39, 0.29) is 18.2 Å². The second-order valence-corrected chi connectivity index (χ2v) is 6.88. The van der Waals surface area contributed by atoms with Gasteiger partial charge in [0.15, 0.2) is 6.61 Å². The number of ether oxygens (including phenoxy) is 1. The summed E-state index contributed by atoms with van der Waals surface area (Å²) in [6, 6.07) is 19.1. The molecule has 0 aromatic heterocycles. The predicted molar refractivity (Wildman–Crippen MR) is 123 cm³/mol. The predicted octanol–water partition coefficient (Wildman–Crippen LogP) is 3.24. The van der Waals surface area contributed by atoms with E-state index < -0.39 is 17.6 Å². The maximum absolute atomic E-state index is 12.9. The highest BCUT2D eigenvalue weighted by Crippen LogP contribution is 2.14. The van der Waals surface area contributed by atoms with Gasteiger partial charge in [0, 0.05) is 11.4 Å². The van der Waals surface area contributed by atoms with Crippen LogP contribution in [0.1, 0.15) is 11.1 Å². The van der Waals surface area contributed by atoms with Gasteiger partial charge in [0.05, 0.1) is 6.21 Å². The van der Waals surface area contributed by atoms with Crippen LogP contribution in [0.2, 0.25) is 0 Å². The lowest BCUT2D eigenvalue weighted by molar-refractivity contribution is -0.136. The minimum atomic E-state index is -0.977. The van der Waals surface area contributed by atoms with Gasteiger partial charge in [-0.3, -0.25) is 14.4 Å². The molecule has 0 aliphatic carbocycles. The third-order valence-corrected chi connectivity index (χ3v) is 4.36. The zero-order chi connectivity index (χ0) is 23.6. The Morgan fingerprint density at radius 1 is 0.909 bits per heavy atom. The van der Waals surface area contributed by atoms with Crippen molar-refractivity contribution in [2.75, 3.05) is 17.2 Å². The van der Waals surface area contributed by atoms with Crippen molar-refractivity contribution in [3.05, 3.63) is 89.7 Å². The van der Waals surface area contributed by atoms with E-state index in [0.717, 1.165) is 23.4 Å². The van der Waals surface area contributed by atoms with Crippen LogP contribution in [0.4, 0.5) is 15.8 Å².